The molecule has 3 heterocycles. The molecule has 3 aliphatic rings. The van der Waals surface area contributed by atoms with Gasteiger partial charge in [-0.15, -0.1) is 0 Å². The number of esters is 2. The number of hydrogen-bond donors (Lipinski definition) is 2. The van der Waals surface area contributed by atoms with Gasteiger partial charge < -0.3 is 24.8 Å². The van der Waals surface area contributed by atoms with Crippen molar-refractivity contribution in [1.82, 2.24) is 4.90 Å². The van der Waals surface area contributed by atoms with Crippen LogP contribution in [-0.2, 0) is 29.3 Å². The lowest BCUT2D eigenvalue weighted by molar-refractivity contribution is -0.160. The highest BCUT2D eigenvalue weighted by Crippen LogP contribution is 2.57. The third-order valence-electron chi connectivity index (χ3n) is 5.70. The van der Waals surface area contributed by atoms with E-state index >= 15 is 0 Å². The first-order valence-electron chi connectivity index (χ1n) is 10.6. The summed E-state index contributed by atoms with van der Waals surface area (Å²) in [6.07, 6.45) is 5.33. The molecule has 0 unspecified atom stereocenters. The third-order valence-corrected chi connectivity index (χ3v) is 6.40. The summed E-state index contributed by atoms with van der Waals surface area (Å²) in [6.45, 7) is 5.64. The van der Waals surface area contributed by atoms with E-state index in [9.17, 15) is 14.4 Å². The normalized spacial score (nSPS) is 27.0. The topological polar surface area (TPSA) is 105 Å². The van der Waals surface area contributed by atoms with Gasteiger partial charge in [-0.1, -0.05) is 34.1 Å². The molecule has 9 heteroatoms. The van der Waals surface area contributed by atoms with E-state index in [0.717, 1.165) is 0 Å². The zero-order valence-electron chi connectivity index (χ0n) is 18.2. The minimum Gasteiger partial charge on any atom is -0.466 e. The lowest BCUT2D eigenvalue weighted by Crippen LogP contribution is -2.52. The molecular weight excluding hydrogens is 480 g/mol. The lowest BCUT2D eigenvalue weighted by Gasteiger charge is -2.36. The van der Waals surface area contributed by atoms with E-state index in [0.29, 0.717) is 15.7 Å². The summed E-state index contributed by atoms with van der Waals surface area (Å²) in [5, 5.41) is 10.5. The summed E-state index contributed by atoms with van der Waals surface area (Å²) in [6, 6.07) is 5.68. The van der Waals surface area contributed by atoms with Gasteiger partial charge in [0.05, 0.1) is 19.3 Å². The quantitative estimate of drug-likeness (QED) is 0.604. The lowest BCUT2D eigenvalue weighted by atomic mass is 9.67. The Morgan fingerprint density at radius 1 is 1.16 bits per heavy atom. The van der Waals surface area contributed by atoms with E-state index < -0.39 is 35.4 Å². The second-order valence-electron chi connectivity index (χ2n) is 7.35. The molecule has 4 rings (SSSR count). The first kappa shape index (κ1) is 24.0. The molecule has 3 aliphatic heterocycles. The maximum atomic E-state index is 13.5. The highest BCUT2D eigenvalue weighted by atomic mass is 79.9. The van der Waals surface area contributed by atoms with Crippen LogP contribution in [0.2, 0.25) is 0 Å². The maximum Gasteiger partial charge on any atom is 0.329 e. The van der Waals surface area contributed by atoms with Crippen molar-refractivity contribution in [3.63, 3.8) is 0 Å². The second-order valence-corrected chi connectivity index (χ2v) is 8.27. The van der Waals surface area contributed by atoms with E-state index in [4.69, 9.17) is 14.6 Å². The van der Waals surface area contributed by atoms with E-state index in [-0.39, 0.29) is 25.7 Å². The molecule has 8 nitrogen and oxygen atoms in total. The van der Waals surface area contributed by atoms with Gasteiger partial charge in [0.1, 0.15) is 17.4 Å². The van der Waals surface area contributed by atoms with Crippen molar-refractivity contribution >= 4 is 39.5 Å². The van der Waals surface area contributed by atoms with Gasteiger partial charge in [-0.25, -0.2) is 4.79 Å². The Morgan fingerprint density at radius 2 is 1.78 bits per heavy atom. The SMILES string of the molecule is CCO.CCOC(=O)[C@H]1[C@H](C(=O)OCC)[C@@]2(C(=O)Nc3ccccc32)[C@@H]2C(Br)=CC=CN21. The van der Waals surface area contributed by atoms with Crippen LogP contribution in [0, 0.1) is 5.92 Å². The molecule has 1 fully saturated rings. The predicted octanol–water partition coefficient (Wildman–Crippen LogP) is 2.48. The number of carbonyl (C=O) groups is 3. The largest absolute Gasteiger partial charge is 0.466 e. The predicted molar refractivity (Wildman–Crippen MR) is 122 cm³/mol. The van der Waals surface area contributed by atoms with E-state index in [1.807, 2.05) is 24.3 Å². The number of rotatable bonds is 4. The summed E-state index contributed by atoms with van der Waals surface area (Å²) in [5.74, 6) is -2.56. The van der Waals surface area contributed by atoms with Crippen molar-refractivity contribution in [1.29, 1.82) is 0 Å². The van der Waals surface area contributed by atoms with Crippen molar-refractivity contribution in [3.8, 4) is 0 Å². The summed E-state index contributed by atoms with van der Waals surface area (Å²) in [5.41, 5.74) is -0.0305. The van der Waals surface area contributed by atoms with Crippen LogP contribution in [-0.4, -0.2) is 59.8 Å². The Balaban J connectivity index is 0.000000913. The Kier molecular flexibility index (Phi) is 7.40. The average Bonchev–Trinajstić information content (AvgIpc) is 3.23. The number of carbonyl (C=O) groups excluding carboxylic acids is 3. The van der Waals surface area contributed by atoms with Crippen LogP contribution >= 0.6 is 15.9 Å². The van der Waals surface area contributed by atoms with Crippen LogP contribution in [0.5, 0.6) is 0 Å². The molecule has 1 spiro atoms. The highest BCUT2D eigenvalue weighted by molar-refractivity contribution is 9.11. The zero-order valence-corrected chi connectivity index (χ0v) is 19.8. The number of nitrogens with one attached hydrogen (secondary N) is 1. The summed E-state index contributed by atoms with van der Waals surface area (Å²) in [7, 11) is 0. The van der Waals surface area contributed by atoms with Gasteiger partial charge in [0.2, 0.25) is 5.91 Å². The summed E-state index contributed by atoms with van der Waals surface area (Å²) in [4.78, 5) is 41.5. The first-order valence-corrected chi connectivity index (χ1v) is 11.4. The van der Waals surface area contributed by atoms with Gasteiger partial charge >= 0.3 is 11.9 Å². The van der Waals surface area contributed by atoms with Crippen molar-refractivity contribution in [3.05, 3.63) is 52.7 Å². The molecule has 1 amide bonds. The van der Waals surface area contributed by atoms with Crippen molar-refractivity contribution in [2.45, 2.75) is 38.3 Å². The molecule has 4 atom stereocenters. The number of amides is 1. The summed E-state index contributed by atoms with van der Waals surface area (Å²) < 4.78 is 11.4. The Labute approximate surface area is 195 Å². The number of halogens is 1. The number of anilines is 1. The molecule has 1 aromatic carbocycles. The van der Waals surface area contributed by atoms with Gasteiger partial charge in [0.25, 0.3) is 0 Å². The smallest absolute Gasteiger partial charge is 0.329 e. The molecule has 1 aromatic rings. The number of fused-ring (bicyclic) bond motifs is 4. The molecule has 32 heavy (non-hydrogen) atoms. The fourth-order valence-corrected chi connectivity index (χ4v) is 5.51. The number of para-hydroxylation sites is 1. The molecule has 0 radical (unpaired) electrons. The van der Waals surface area contributed by atoms with E-state index in [1.165, 1.54) is 0 Å². The molecule has 0 saturated carbocycles. The van der Waals surface area contributed by atoms with Crippen LogP contribution in [0.4, 0.5) is 5.69 Å². The van der Waals surface area contributed by atoms with Crippen molar-refractivity contribution in [2.24, 2.45) is 5.92 Å². The number of hydrogen-bond acceptors (Lipinski definition) is 7. The van der Waals surface area contributed by atoms with Gasteiger partial charge in [0.15, 0.2) is 0 Å². The Hall–Kier alpha value is -2.65. The Morgan fingerprint density at radius 3 is 2.44 bits per heavy atom. The van der Waals surface area contributed by atoms with Crippen LogP contribution in [0.25, 0.3) is 0 Å². The number of ether oxygens (including phenoxy) is 2. The van der Waals surface area contributed by atoms with Gasteiger partial charge in [-0.3, -0.25) is 9.59 Å². The zero-order chi connectivity index (χ0) is 23.5. The fourth-order valence-electron chi connectivity index (χ4n) is 4.76. The number of allylic oxidation sites excluding steroid dienone is 2. The minimum absolute atomic E-state index is 0.141. The number of aliphatic hydroxyl groups excluding tert-OH is 1. The van der Waals surface area contributed by atoms with Crippen LogP contribution < -0.4 is 5.32 Å². The molecule has 0 bridgehead atoms. The average molecular weight is 507 g/mol. The molecular formula is C23H27BrN2O6. The third kappa shape index (κ3) is 3.63. The number of benzene rings is 1. The van der Waals surface area contributed by atoms with Crippen LogP contribution in [0.1, 0.15) is 26.3 Å². The van der Waals surface area contributed by atoms with Gasteiger partial charge in [-0.2, -0.15) is 0 Å². The highest BCUT2D eigenvalue weighted by Gasteiger charge is 2.71. The van der Waals surface area contributed by atoms with E-state index in [2.05, 4.69) is 21.2 Å². The molecule has 1 saturated heterocycles. The first-order chi connectivity index (χ1) is 15.4. The number of aliphatic hydroxyl groups is 1. The minimum atomic E-state index is -1.33. The molecule has 2 N–H and O–H groups in total. The molecule has 0 aromatic heterocycles. The standard InChI is InChI=1S/C21H21BrN2O5.C2H6O/c1-3-28-18(25)15-16(19(26)29-4-2)24-11-7-9-13(22)17(24)21(15)12-8-5-6-10-14(12)23-20(21)27;1-2-3/h5-11,15-17H,3-4H2,1-2H3,(H,23,27);3H,2H2,1H3/t15-,16-,17+,21-;/m1./s1. The van der Waals surface area contributed by atoms with E-state index in [1.54, 1.807) is 44.0 Å². The molecule has 0 aliphatic carbocycles. The van der Waals surface area contributed by atoms with Gasteiger partial charge in [-0.05, 0) is 44.6 Å². The Bertz CT molecular complexity index is 962. The maximum absolute atomic E-state index is 13.5. The van der Waals surface area contributed by atoms with Crippen molar-refractivity contribution < 1.29 is 29.0 Å². The second kappa shape index (κ2) is 9.87. The monoisotopic (exact) mass is 506 g/mol. The van der Waals surface area contributed by atoms with Crippen molar-refractivity contribution in [2.75, 3.05) is 25.1 Å². The summed E-state index contributed by atoms with van der Waals surface area (Å²) >= 11 is 3.57. The fraction of sp³-hybridized carbons (Fsp3) is 0.435. The van der Waals surface area contributed by atoms with Crippen LogP contribution in [0.15, 0.2) is 47.1 Å². The number of nitrogens with zero attached hydrogens (tertiary/aromatic N) is 1. The van der Waals surface area contributed by atoms with Crippen LogP contribution in [0.3, 0.4) is 0 Å². The van der Waals surface area contributed by atoms with Gasteiger partial charge in [0, 0.05) is 23.0 Å². The molecule has 172 valence electrons.